The lowest BCUT2D eigenvalue weighted by molar-refractivity contribution is -0.276. The van der Waals surface area contributed by atoms with Crippen LogP contribution in [0.3, 0.4) is 0 Å². The van der Waals surface area contributed by atoms with Gasteiger partial charge >= 0.3 is 12.1 Å². The fraction of sp³-hybridized carbons (Fsp3) is 0.385. The third-order valence-electron chi connectivity index (χ3n) is 3.05. The van der Waals surface area contributed by atoms with Crippen LogP contribution >= 0.6 is 0 Å². The van der Waals surface area contributed by atoms with E-state index in [2.05, 4.69) is 4.74 Å². The summed E-state index contributed by atoms with van der Waals surface area (Å²) in [4.78, 5) is 22.1. The van der Waals surface area contributed by atoms with Gasteiger partial charge in [0.2, 0.25) is 12.0 Å². The predicted molar refractivity (Wildman–Crippen MR) is 67.9 cm³/mol. The summed E-state index contributed by atoms with van der Waals surface area (Å²) in [6, 6.07) is 1.88. The summed E-state index contributed by atoms with van der Waals surface area (Å²) in [5.41, 5.74) is -4.31. The van der Waals surface area contributed by atoms with E-state index in [9.17, 15) is 27.9 Å². The minimum atomic E-state index is -5.25. The largest absolute Gasteiger partial charge is 0.497 e. The van der Waals surface area contributed by atoms with E-state index in [1.807, 2.05) is 0 Å². The fourth-order valence-corrected chi connectivity index (χ4v) is 1.88. The van der Waals surface area contributed by atoms with Crippen molar-refractivity contribution in [3.05, 3.63) is 29.8 Å². The summed E-state index contributed by atoms with van der Waals surface area (Å²) in [6.07, 6.45) is -5.38. The Bertz CT molecular complexity index is 531. The van der Waals surface area contributed by atoms with Gasteiger partial charge in [0.15, 0.2) is 6.04 Å². The van der Waals surface area contributed by atoms with Crippen LogP contribution in [0.4, 0.5) is 13.2 Å². The Hall–Kier alpha value is -2.29. The molecule has 1 rings (SSSR count). The molecule has 122 valence electrons. The average molecular weight is 321 g/mol. The van der Waals surface area contributed by atoms with Crippen LogP contribution in [0.2, 0.25) is 0 Å². The molecule has 1 aromatic rings. The van der Waals surface area contributed by atoms with Crippen LogP contribution in [-0.4, -0.2) is 43.9 Å². The number of halogens is 3. The summed E-state index contributed by atoms with van der Waals surface area (Å²) in [5, 5.41) is 11.8. The Balaban J connectivity index is 3.46. The molecule has 1 aromatic carbocycles. The van der Waals surface area contributed by atoms with Crippen molar-refractivity contribution in [3.8, 4) is 5.75 Å². The zero-order valence-electron chi connectivity index (χ0n) is 11.7. The third kappa shape index (κ3) is 3.14. The van der Waals surface area contributed by atoms with Gasteiger partial charge in [0.1, 0.15) is 5.75 Å². The van der Waals surface area contributed by atoms with Crippen LogP contribution in [0.15, 0.2) is 24.3 Å². The van der Waals surface area contributed by atoms with E-state index in [4.69, 9.17) is 4.74 Å². The van der Waals surface area contributed by atoms with Crippen molar-refractivity contribution in [1.29, 1.82) is 0 Å². The minimum absolute atomic E-state index is 0.123. The first-order valence-electron chi connectivity index (χ1n) is 5.93. The summed E-state index contributed by atoms with van der Waals surface area (Å²) in [7, 11) is 2.16. The van der Waals surface area contributed by atoms with Crippen molar-refractivity contribution in [3.63, 3.8) is 0 Å². The summed E-state index contributed by atoms with van der Waals surface area (Å²) >= 11 is 0. The monoisotopic (exact) mass is 321 g/mol. The smallest absolute Gasteiger partial charge is 0.424 e. The molecule has 0 saturated heterocycles. The van der Waals surface area contributed by atoms with Gasteiger partial charge in [-0.2, -0.15) is 13.2 Å². The maximum absolute atomic E-state index is 13.4. The number of rotatable bonds is 6. The number of carbonyl (C=O) groups excluding carboxylic acids is 2. The van der Waals surface area contributed by atoms with E-state index < -0.39 is 29.4 Å². The highest BCUT2D eigenvalue weighted by Crippen LogP contribution is 2.42. The molecule has 0 aromatic heterocycles. The van der Waals surface area contributed by atoms with Gasteiger partial charge in [-0.15, -0.1) is 0 Å². The Kier molecular flexibility index (Phi) is 5.37. The van der Waals surface area contributed by atoms with E-state index in [0.717, 1.165) is 19.2 Å². The lowest BCUT2D eigenvalue weighted by Crippen LogP contribution is -2.60. The lowest BCUT2D eigenvalue weighted by Gasteiger charge is -2.36. The van der Waals surface area contributed by atoms with E-state index in [1.165, 1.54) is 19.2 Å². The second-order valence-electron chi connectivity index (χ2n) is 4.23. The molecule has 22 heavy (non-hydrogen) atoms. The number of aliphatic hydroxyl groups is 1. The number of methoxy groups -OCH3 is 2. The topological polar surface area (TPSA) is 84.9 Å². The van der Waals surface area contributed by atoms with Crippen molar-refractivity contribution < 1.29 is 37.3 Å². The first-order chi connectivity index (χ1) is 10.2. The molecule has 0 spiro atoms. The quantitative estimate of drug-likeness (QED) is 0.596. The van der Waals surface area contributed by atoms with Crippen molar-refractivity contribution in [2.45, 2.75) is 17.8 Å². The van der Waals surface area contributed by atoms with Crippen LogP contribution in [0.1, 0.15) is 5.56 Å². The number of hydrogen-bond donors (Lipinski definition) is 2. The number of hydrogen-bond acceptors (Lipinski definition) is 5. The average Bonchev–Trinajstić information content (AvgIpc) is 2.50. The van der Waals surface area contributed by atoms with Gasteiger partial charge in [0.25, 0.3) is 0 Å². The Morgan fingerprint density at radius 3 is 2.18 bits per heavy atom. The third-order valence-corrected chi connectivity index (χ3v) is 3.05. The highest BCUT2D eigenvalue weighted by atomic mass is 19.4. The Morgan fingerprint density at radius 2 is 1.82 bits per heavy atom. The second-order valence-corrected chi connectivity index (χ2v) is 4.23. The van der Waals surface area contributed by atoms with Crippen LogP contribution in [0.25, 0.3) is 0 Å². The molecule has 2 atom stereocenters. The number of carbonyl (C=O) groups is 2. The fourth-order valence-electron chi connectivity index (χ4n) is 1.88. The zero-order valence-corrected chi connectivity index (χ0v) is 11.7. The molecule has 6 nitrogen and oxygen atoms in total. The second kappa shape index (κ2) is 6.65. The zero-order chi connectivity index (χ0) is 17.0. The first-order valence-corrected chi connectivity index (χ1v) is 5.93. The molecule has 9 heteroatoms. The first kappa shape index (κ1) is 17.8. The molecule has 2 N–H and O–H groups in total. The Labute approximate surface area is 123 Å². The molecule has 2 unspecified atom stereocenters. The molecule has 0 fully saturated rings. The molecule has 0 aliphatic rings. The maximum Gasteiger partial charge on any atom is 0.424 e. The molecule has 0 aliphatic heterocycles. The maximum atomic E-state index is 13.4. The number of amides is 1. The molecule has 1 amide bonds. The highest BCUT2D eigenvalue weighted by molar-refractivity contribution is 5.80. The van der Waals surface area contributed by atoms with Gasteiger partial charge in [-0.3, -0.25) is 4.79 Å². The van der Waals surface area contributed by atoms with Gasteiger partial charge in [-0.1, -0.05) is 12.1 Å². The van der Waals surface area contributed by atoms with Gasteiger partial charge in [0, 0.05) is 0 Å². The standard InChI is InChI=1S/C13H14F3NO5/c1-21-9-5-3-8(4-6-9)12(20,13(14,15)16)10(17-7-18)11(19)22-2/h3-7,10,20H,1-2H3,(H,17,18). The van der Waals surface area contributed by atoms with Gasteiger partial charge < -0.3 is 19.9 Å². The van der Waals surface area contributed by atoms with Gasteiger partial charge in [-0.25, -0.2) is 4.79 Å². The van der Waals surface area contributed by atoms with E-state index in [1.54, 1.807) is 5.32 Å². The van der Waals surface area contributed by atoms with Crippen LogP contribution < -0.4 is 10.1 Å². The molecule has 0 bridgehead atoms. The number of nitrogens with one attached hydrogen (secondary N) is 1. The van der Waals surface area contributed by atoms with Crippen molar-refractivity contribution in [1.82, 2.24) is 5.32 Å². The lowest BCUT2D eigenvalue weighted by atomic mass is 9.85. The van der Waals surface area contributed by atoms with Crippen LogP contribution in [0, 0.1) is 0 Å². The van der Waals surface area contributed by atoms with Crippen LogP contribution in [0.5, 0.6) is 5.75 Å². The van der Waals surface area contributed by atoms with Crippen LogP contribution in [-0.2, 0) is 19.9 Å². The summed E-state index contributed by atoms with van der Waals surface area (Å²) < 4.78 is 49.2. The minimum Gasteiger partial charge on any atom is -0.497 e. The number of benzene rings is 1. The summed E-state index contributed by atoms with van der Waals surface area (Å²) in [5.74, 6) is -1.19. The van der Waals surface area contributed by atoms with E-state index in [-0.39, 0.29) is 12.2 Å². The number of alkyl halides is 3. The Morgan fingerprint density at radius 1 is 1.27 bits per heavy atom. The molecule has 0 saturated carbocycles. The van der Waals surface area contributed by atoms with Crippen molar-refractivity contribution >= 4 is 12.4 Å². The van der Waals surface area contributed by atoms with E-state index >= 15 is 0 Å². The SMILES string of the molecule is COC(=O)C(NC=O)C(O)(c1ccc(OC)cc1)C(F)(F)F. The number of ether oxygens (including phenoxy) is 2. The molecular weight excluding hydrogens is 307 g/mol. The predicted octanol–water partition coefficient (Wildman–Crippen LogP) is 0.733. The molecule has 0 radical (unpaired) electrons. The molecule has 0 aliphatic carbocycles. The van der Waals surface area contributed by atoms with E-state index in [0.29, 0.717) is 0 Å². The number of esters is 1. The normalized spacial score (nSPS) is 15.4. The van der Waals surface area contributed by atoms with Gasteiger partial charge in [-0.05, 0) is 17.7 Å². The van der Waals surface area contributed by atoms with Crippen molar-refractivity contribution in [2.24, 2.45) is 0 Å². The highest BCUT2D eigenvalue weighted by Gasteiger charge is 2.62. The summed E-state index contributed by atoms with van der Waals surface area (Å²) in [6.45, 7) is 0. The van der Waals surface area contributed by atoms with Gasteiger partial charge in [0.05, 0.1) is 14.2 Å². The molecule has 0 heterocycles. The molecular formula is C13H14F3NO5. The van der Waals surface area contributed by atoms with Crippen molar-refractivity contribution in [2.75, 3.05) is 14.2 Å².